The molecular weight excluding hydrogens is 316 g/mol. The van der Waals surface area contributed by atoms with E-state index in [2.05, 4.69) is 34.6 Å². The first-order valence-corrected chi connectivity index (χ1v) is 9.94. The second-order valence-corrected chi connectivity index (χ2v) is 7.96. The molecule has 3 heterocycles. The van der Waals surface area contributed by atoms with Crippen LogP contribution in [0.15, 0.2) is 16.9 Å². The molecule has 0 atom stereocenters. The number of aliphatic imine (C=N–C) groups is 1. The maximum atomic E-state index is 5.87. The van der Waals surface area contributed by atoms with Crippen LogP contribution in [0.4, 0.5) is 0 Å². The average Bonchev–Trinajstić information content (AvgIpc) is 3.20. The molecule has 0 radical (unpaired) electrons. The second-order valence-electron chi connectivity index (χ2n) is 7.96. The molecule has 1 aliphatic carbocycles. The highest BCUT2D eigenvalue weighted by Crippen LogP contribution is 2.41. The minimum Gasteiger partial charge on any atom is -0.378 e. The summed E-state index contributed by atoms with van der Waals surface area (Å²) in [5, 5.41) is 0. The molecule has 0 N–H and O–H groups in total. The number of rotatable bonds is 5. The Morgan fingerprint density at radius 3 is 2.68 bits per heavy atom. The molecular formula is C19H32N4O2. The lowest BCUT2D eigenvalue weighted by Gasteiger charge is -2.36. The van der Waals surface area contributed by atoms with Gasteiger partial charge in [-0.1, -0.05) is 12.8 Å². The van der Waals surface area contributed by atoms with Crippen molar-refractivity contribution in [2.45, 2.75) is 51.2 Å². The molecule has 140 valence electrons. The van der Waals surface area contributed by atoms with E-state index in [0.717, 1.165) is 58.4 Å². The number of morpholine rings is 1. The topological polar surface area (TPSA) is 40.5 Å². The number of ether oxygens (including phenoxy) is 2. The first kappa shape index (κ1) is 17.2. The monoisotopic (exact) mass is 348 g/mol. The van der Waals surface area contributed by atoms with Gasteiger partial charge in [0.2, 0.25) is 5.96 Å². The fourth-order valence-corrected chi connectivity index (χ4v) is 4.68. The summed E-state index contributed by atoms with van der Waals surface area (Å²) in [7, 11) is 0. The third kappa shape index (κ3) is 3.38. The normalized spacial score (nSPS) is 25.6. The SMILES string of the molecule is CC(C)OCCN1C2=NC(N3CCOCC3)=CCN2CC12CCCC2. The Balaban J connectivity index is 1.53. The zero-order chi connectivity index (χ0) is 17.3. The van der Waals surface area contributed by atoms with Crippen LogP contribution in [0.3, 0.4) is 0 Å². The van der Waals surface area contributed by atoms with Crippen LogP contribution in [0.5, 0.6) is 0 Å². The Bertz CT molecular complexity index is 534. The van der Waals surface area contributed by atoms with Crippen molar-refractivity contribution < 1.29 is 9.47 Å². The van der Waals surface area contributed by atoms with Gasteiger partial charge in [-0.3, -0.25) is 0 Å². The molecule has 0 aromatic rings. The maximum Gasteiger partial charge on any atom is 0.204 e. The molecule has 6 nitrogen and oxygen atoms in total. The largest absolute Gasteiger partial charge is 0.378 e. The van der Waals surface area contributed by atoms with Gasteiger partial charge in [-0.2, -0.15) is 4.99 Å². The fourth-order valence-electron chi connectivity index (χ4n) is 4.68. The lowest BCUT2D eigenvalue weighted by molar-refractivity contribution is 0.0519. The first-order valence-electron chi connectivity index (χ1n) is 9.94. The highest BCUT2D eigenvalue weighted by Gasteiger charge is 2.49. The van der Waals surface area contributed by atoms with E-state index >= 15 is 0 Å². The molecule has 4 aliphatic rings. The molecule has 0 amide bonds. The van der Waals surface area contributed by atoms with Gasteiger partial charge in [0.25, 0.3) is 0 Å². The van der Waals surface area contributed by atoms with Gasteiger partial charge in [-0.05, 0) is 32.8 Å². The fraction of sp³-hybridized carbons (Fsp3) is 0.842. The van der Waals surface area contributed by atoms with Gasteiger partial charge in [0.15, 0.2) is 0 Å². The summed E-state index contributed by atoms with van der Waals surface area (Å²) in [6.45, 7) is 11.6. The first-order chi connectivity index (χ1) is 12.2. The molecule has 0 aromatic heterocycles. The molecule has 25 heavy (non-hydrogen) atoms. The highest BCUT2D eigenvalue weighted by molar-refractivity contribution is 5.85. The predicted octanol–water partition coefficient (Wildman–Crippen LogP) is 1.88. The lowest BCUT2D eigenvalue weighted by Crippen LogP contribution is -2.47. The number of guanidine groups is 1. The summed E-state index contributed by atoms with van der Waals surface area (Å²) < 4.78 is 11.4. The third-order valence-corrected chi connectivity index (χ3v) is 5.93. The van der Waals surface area contributed by atoms with E-state index in [1.165, 1.54) is 31.6 Å². The van der Waals surface area contributed by atoms with Crippen molar-refractivity contribution in [3.8, 4) is 0 Å². The van der Waals surface area contributed by atoms with Crippen molar-refractivity contribution in [1.29, 1.82) is 0 Å². The van der Waals surface area contributed by atoms with Gasteiger partial charge in [-0.25, -0.2) is 0 Å². The average molecular weight is 348 g/mol. The van der Waals surface area contributed by atoms with Crippen LogP contribution in [0.2, 0.25) is 0 Å². The van der Waals surface area contributed by atoms with E-state index < -0.39 is 0 Å². The van der Waals surface area contributed by atoms with Crippen molar-refractivity contribution >= 4 is 5.96 Å². The van der Waals surface area contributed by atoms with Crippen LogP contribution in [0.1, 0.15) is 39.5 Å². The lowest BCUT2D eigenvalue weighted by atomic mass is 9.97. The number of hydrogen-bond acceptors (Lipinski definition) is 6. The Morgan fingerprint density at radius 1 is 1.20 bits per heavy atom. The van der Waals surface area contributed by atoms with Gasteiger partial charge in [0, 0.05) is 32.7 Å². The number of fused-ring (bicyclic) bond motifs is 1. The molecule has 2 saturated heterocycles. The Labute approximate surface area is 151 Å². The Hall–Kier alpha value is -1.27. The third-order valence-electron chi connectivity index (χ3n) is 5.93. The van der Waals surface area contributed by atoms with Crippen molar-refractivity contribution in [2.24, 2.45) is 4.99 Å². The van der Waals surface area contributed by atoms with E-state index in [4.69, 9.17) is 14.5 Å². The summed E-state index contributed by atoms with van der Waals surface area (Å²) in [6.07, 6.45) is 7.84. The predicted molar refractivity (Wildman–Crippen MR) is 98.5 cm³/mol. The van der Waals surface area contributed by atoms with Gasteiger partial charge in [0.05, 0.1) is 31.5 Å². The second kappa shape index (κ2) is 7.16. The summed E-state index contributed by atoms with van der Waals surface area (Å²) in [5.74, 6) is 2.32. The summed E-state index contributed by atoms with van der Waals surface area (Å²) in [5.41, 5.74) is 0.285. The quantitative estimate of drug-likeness (QED) is 0.759. The minimum atomic E-state index is 0.285. The van der Waals surface area contributed by atoms with E-state index in [1.54, 1.807) is 0 Å². The molecule has 4 rings (SSSR count). The van der Waals surface area contributed by atoms with Crippen LogP contribution in [0, 0.1) is 0 Å². The van der Waals surface area contributed by atoms with E-state index in [0.29, 0.717) is 0 Å². The Kier molecular flexibility index (Phi) is 4.91. The van der Waals surface area contributed by atoms with Crippen LogP contribution < -0.4 is 0 Å². The van der Waals surface area contributed by atoms with Crippen molar-refractivity contribution in [3.63, 3.8) is 0 Å². The molecule has 3 fully saturated rings. The highest BCUT2D eigenvalue weighted by atomic mass is 16.5. The summed E-state index contributed by atoms with van der Waals surface area (Å²) in [4.78, 5) is 12.5. The maximum absolute atomic E-state index is 5.87. The van der Waals surface area contributed by atoms with Crippen LogP contribution in [-0.4, -0.2) is 84.8 Å². The van der Waals surface area contributed by atoms with Gasteiger partial charge in [-0.15, -0.1) is 0 Å². The zero-order valence-electron chi connectivity index (χ0n) is 15.7. The van der Waals surface area contributed by atoms with Crippen molar-refractivity contribution in [1.82, 2.24) is 14.7 Å². The minimum absolute atomic E-state index is 0.285. The van der Waals surface area contributed by atoms with Crippen molar-refractivity contribution in [2.75, 3.05) is 52.5 Å². The zero-order valence-corrected chi connectivity index (χ0v) is 15.7. The number of nitrogens with zero attached hydrogens (tertiary/aromatic N) is 4. The standard InChI is InChI=1S/C19H32N4O2/c1-16(2)25-14-11-23-18-20-17(21-9-12-24-13-10-21)5-8-22(18)15-19(23)6-3-4-7-19/h5,16H,3-4,6-15H2,1-2H3. The molecule has 0 aromatic carbocycles. The molecule has 3 aliphatic heterocycles. The summed E-state index contributed by atoms with van der Waals surface area (Å²) in [6, 6.07) is 0. The van der Waals surface area contributed by atoms with E-state index in [9.17, 15) is 0 Å². The molecule has 0 unspecified atom stereocenters. The smallest absolute Gasteiger partial charge is 0.204 e. The van der Waals surface area contributed by atoms with Gasteiger partial charge >= 0.3 is 0 Å². The van der Waals surface area contributed by atoms with Crippen LogP contribution in [0.25, 0.3) is 0 Å². The van der Waals surface area contributed by atoms with E-state index in [-0.39, 0.29) is 11.6 Å². The Morgan fingerprint density at radius 2 is 1.96 bits per heavy atom. The number of hydrogen-bond donors (Lipinski definition) is 0. The summed E-state index contributed by atoms with van der Waals surface area (Å²) >= 11 is 0. The molecule has 0 bridgehead atoms. The van der Waals surface area contributed by atoms with Crippen molar-refractivity contribution in [3.05, 3.63) is 11.9 Å². The molecule has 6 heteroatoms. The molecule has 1 spiro atoms. The van der Waals surface area contributed by atoms with E-state index in [1.807, 2.05) is 0 Å². The van der Waals surface area contributed by atoms with Gasteiger partial charge < -0.3 is 24.2 Å². The van der Waals surface area contributed by atoms with Crippen LogP contribution >= 0.6 is 0 Å². The van der Waals surface area contributed by atoms with Crippen LogP contribution in [-0.2, 0) is 9.47 Å². The van der Waals surface area contributed by atoms with Gasteiger partial charge in [0.1, 0.15) is 5.82 Å². The molecule has 1 saturated carbocycles.